The summed E-state index contributed by atoms with van der Waals surface area (Å²) in [6, 6.07) is 7.04. The molecule has 2 aliphatic rings. The normalized spacial score (nSPS) is 20.9. The zero-order valence-electron chi connectivity index (χ0n) is 17.5. The van der Waals surface area contributed by atoms with E-state index in [9.17, 15) is 9.59 Å². The average molecular weight is 412 g/mol. The molecule has 2 amide bonds. The molecule has 160 valence electrons. The lowest BCUT2D eigenvalue weighted by molar-refractivity contribution is -0.123. The van der Waals surface area contributed by atoms with Crippen LogP contribution in [-0.2, 0) is 16.0 Å². The third-order valence-electron chi connectivity index (χ3n) is 6.05. The molecule has 8 heteroatoms. The molecule has 1 atom stereocenters. The smallest absolute Gasteiger partial charge is 0.253 e. The van der Waals surface area contributed by atoms with E-state index in [2.05, 4.69) is 15.5 Å². The number of aromatic nitrogens is 2. The van der Waals surface area contributed by atoms with Gasteiger partial charge in [-0.25, -0.2) is 0 Å². The Morgan fingerprint density at radius 2 is 1.97 bits per heavy atom. The molecule has 4 rings (SSSR count). The average Bonchev–Trinajstić information content (AvgIpc) is 3.13. The number of ether oxygens (including phenoxy) is 1. The van der Waals surface area contributed by atoms with Crippen LogP contribution >= 0.6 is 0 Å². The Hall–Kier alpha value is -2.74. The molecule has 2 aliphatic heterocycles. The van der Waals surface area contributed by atoms with Crippen molar-refractivity contribution in [3.63, 3.8) is 0 Å². The summed E-state index contributed by atoms with van der Waals surface area (Å²) in [5.74, 6) is 1.73. The minimum atomic E-state index is -0.159. The summed E-state index contributed by atoms with van der Waals surface area (Å²) in [6.07, 6.45) is 4.45. The van der Waals surface area contributed by atoms with Crippen molar-refractivity contribution >= 4 is 17.5 Å². The molecular weight excluding hydrogens is 384 g/mol. The first kappa shape index (κ1) is 20.5. The van der Waals surface area contributed by atoms with Crippen molar-refractivity contribution in [2.45, 2.75) is 51.6 Å². The largest absolute Gasteiger partial charge is 0.375 e. The minimum absolute atomic E-state index is 0.0221. The van der Waals surface area contributed by atoms with Gasteiger partial charge in [-0.2, -0.15) is 4.98 Å². The Morgan fingerprint density at radius 1 is 1.23 bits per heavy atom. The summed E-state index contributed by atoms with van der Waals surface area (Å²) in [7, 11) is 0. The van der Waals surface area contributed by atoms with Crippen molar-refractivity contribution < 1.29 is 18.8 Å². The summed E-state index contributed by atoms with van der Waals surface area (Å²) in [6.45, 7) is 5.37. The molecule has 2 fully saturated rings. The van der Waals surface area contributed by atoms with Crippen molar-refractivity contribution in [1.29, 1.82) is 0 Å². The van der Waals surface area contributed by atoms with E-state index in [4.69, 9.17) is 9.26 Å². The molecule has 1 aromatic heterocycles. The molecule has 3 heterocycles. The molecule has 8 nitrogen and oxygen atoms in total. The monoisotopic (exact) mass is 412 g/mol. The first-order valence-electron chi connectivity index (χ1n) is 10.5. The van der Waals surface area contributed by atoms with Crippen LogP contribution in [0.4, 0.5) is 5.69 Å². The molecule has 1 N–H and O–H groups in total. The van der Waals surface area contributed by atoms with Crippen LogP contribution in [0.1, 0.15) is 54.7 Å². The van der Waals surface area contributed by atoms with Gasteiger partial charge in [-0.1, -0.05) is 5.16 Å². The standard InChI is InChI=1S/C22H28N4O4/c1-15(27)23-19-5-3-18(4-6-19)21(28)26-10-8-22(9-11-26)14-17(7-12-29-22)13-20-24-16(2)30-25-20/h3-6,17H,7-14H2,1-2H3,(H,23,27). The molecule has 0 saturated carbocycles. The third kappa shape index (κ3) is 4.70. The van der Waals surface area contributed by atoms with Gasteiger partial charge in [-0.3, -0.25) is 9.59 Å². The number of aryl methyl sites for hydroxylation is 1. The Bertz CT molecular complexity index is 900. The summed E-state index contributed by atoms with van der Waals surface area (Å²) >= 11 is 0. The Kier molecular flexibility index (Phi) is 5.85. The van der Waals surface area contributed by atoms with Gasteiger partial charge >= 0.3 is 0 Å². The van der Waals surface area contributed by atoms with Crippen molar-refractivity contribution in [3.05, 3.63) is 41.5 Å². The summed E-state index contributed by atoms with van der Waals surface area (Å²) in [5.41, 5.74) is 1.17. The van der Waals surface area contributed by atoms with E-state index in [1.807, 2.05) is 11.8 Å². The molecule has 0 aliphatic carbocycles. The number of amides is 2. The number of piperidine rings is 1. The zero-order chi connectivity index (χ0) is 21.1. The Balaban J connectivity index is 1.33. The molecule has 1 unspecified atom stereocenters. The first-order valence-corrected chi connectivity index (χ1v) is 10.5. The second-order valence-corrected chi connectivity index (χ2v) is 8.37. The van der Waals surface area contributed by atoms with E-state index in [-0.39, 0.29) is 17.4 Å². The van der Waals surface area contributed by atoms with Crippen molar-refractivity contribution in [2.75, 3.05) is 25.0 Å². The summed E-state index contributed by atoms with van der Waals surface area (Å²) in [5, 5.41) is 6.75. The maximum atomic E-state index is 12.9. The van der Waals surface area contributed by atoms with Gasteiger partial charge in [0.2, 0.25) is 11.8 Å². The zero-order valence-corrected chi connectivity index (χ0v) is 17.5. The number of carbonyl (C=O) groups is 2. The van der Waals surface area contributed by atoms with E-state index in [1.165, 1.54) is 6.92 Å². The van der Waals surface area contributed by atoms with Crippen LogP contribution in [0.5, 0.6) is 0 Å². The number of likely N-dealkylation sites (tertiary alicyclic amines) is 1. The second kappa shape index (κ2) is 8.55. The molecule has 0 radical (unpaired) electrons. The molecule has 1 spiro atoms. The Morgan fingerprint density at radius 3 is 2.60 bits per heavy atom. The van der Waals surface area contributed by atoms with Crippen LogP contribution in [0.2, 0.25) is 0 Å². The highest BCUT2D eigenvalue weighted by Crippen LogP contribution is 2.38. The predicted molar refractivity (Wildman–Crippen MR) is 110 cm³/mol. The van der Waals surface area contributed by atoms with E-state index < -0.39 is 0 Å². The fourth-order valence-corrected chi connectivity index (χ4v) is 4.53. The highest BCUT2D eigenvalue weighted by atomic mass is 16.5. The van der Waals surface area contributed by atoms with Gasteiger partial charge in [0.15, 0.2) is 5.82 Å². The van der Waals surface area contributed by atoms with Crippen LogP contribution in [0, 0.1) is 12.8 Å². The van der Waals surface area contributed by atoms with Crippen molar-refractivity contribution in [1.82, 2.24) is 15.0 Å². The van der Waals surface area contributed by atoms with Crippen LogP contribution in [-0.4, -0.2) is 52.2 Å². The maximum absolute atomic E-state index is 12.9. The molecular formula is C22H28N4O4. The highest BCUT2D eigenvalue weighted by molar-refractivity contribution is 5.95. The number of nitrogens with zero attached hydrogens (tertiary/aromatic N) is 3. The quantitative estimate of drug-likeness (QED) is 0.829. The lowest BCUT2D eigenvalue weighted by atomic mass is 9.78. The summed E-state index contributed by atoms with van der Waals surface area (Å²) < 4.78 is 11.3. The molecule has 2 saturated heterocycles. The van der Waals surface area contributed by atoms with Crippen molar-refractivity contribution in [3.8, 4) is 0 Å². The number of nitrogens with one attached hydrogen (secondary N) is 1. The highest BCUT2D eigenvalue weighted by Gasteiger charge is 2.41. The molecule has 1 aromatic carbocycles. The first-order chi connectivity index (χ1) is 14.4. The summed E-state index contributed by atoms with van der Waals surface area (Å²) in [4.78, 5) is 30.3. The molecule has 30 heavy (non-hydrogen) atoms. The maximum Gasteiger partial charge on any atom is 0.253 e. The fraction of sp³-hybridized carbons (Fsp3) is 0.545. The fourth-order valence-electron chi connectivity index (χ4n) is 4.53. The van der Waals surface area contributed by atoms with Crippen LogP contribution in [0.15, 0.2) is 28.8 Å². The second-order valence-electron chi connectivity index (χ2n) is 8.37. The number of hydrogen-bond donors (Lipinski definition) is 1. The van der Waals surface area contributed by atoms with Crippen molar-refractivity contribution in [2.24, 2.45) is 5.92 Å². The lowest BCUT2D eigenvalue weighted by Gasteiger charge is -2.46. The van der Waals surface area contributed by atoms with E-state index in [0.29, 0.717) is 36.1 Å². The SMILES string of the molecule is CC(=O)Nc1ccc(C(=O)N2CCC3(CC2)CC(Cc2noc(C)n2)CCO3)cc1. The minimum Gasteiger partial charge on any atom is -0.375 e. The van der Waals surface area contributed by atoms with Gasteiger partial charge in [0.05, 0.1) is 5.60 Å². The number of hydrogen-bond acceptors (Lipinski definition) is 6. The van der Waals surface area contributed by atoms with Gasteiger partial charge in [-0.15, -0.1) is 0 Å². The molecule has 0 bridgehead atoms. The number of anilines is 1. The van der Waals surface area contributed by atoms with Crippen LogP contribution < -0.4 is 5.32 Å². The topological polar surface area (TPSA) is 97.6 Å². The number of benzene rings is 1. The number of carbonyl (C=O) groups excluding carboxylic acids is 2. The van der Waals surface area contributed by atoms with Gasteiger partial charge in [0.1, 0.15) is 0 Å². The van der Waals surface area contributed by atoms with Crippen LogP contribution in [0.25, 0.3) is 0 Å². The van der Waals surface area contributed by atoms with E-state index in [0.717, 1.165) is 44.5 Å². The van der Waals surface area contributed by atoms with Crippen LogP contribution in [0.3, 0.4) is 0 Å². The van der Waals surface area contributed by atoms with E-state index >= 15 is 0 Å². The van der Waals surface area contributed by atoms with Gasteiger partial charge in [0, 0.05) is 51.2 Å². The molecule has 2 aromatic rings. The van der Waals surface area contributed by atoms with Gasteiger partial charge < -0.3 is 19.5 Å². The number of rotatable bonds is 4. The predicted octanol–water partition coefficient (Wildman–Crippen LogP) is 2.98. The van der Waals surface area contributed by atoms with Gasteiger partial charge in [0.25, 0.3) is 5.91 Å². The third-order valence-corrected chi connectivity index (χ3v) is 6.05. The van der Waals surface area contributed by atoms with E-state index in [1.54, 1.807) is 24.3 Å². The Labute approximate surface area is 176 Å². The van der Waals surface area contributed by atoms with Gasteiger partial charge in [-0.05, 0) is 55.9 Å². The lowest BCUT2D eigenvalue weighted by Crippen LogP contribution is -2.51.